The van der Waals surface area contributed by atoms with Crippen LogP contribution in [0.4, 0.5) is 34.1 Å². The van der Waals surface area contributed by atoms with Crippen molar-refractivity contribution in [2.45, 2.75) is 52.4 Å². The van der Waals surface area contributed by atoms with Crippen molar-refractivity contribution in [3.8, 4) is 11.5 Å². The lowest BCUT2D eigenvalue weighted by molar-refractivity contribution is 0.590. The summed E-state index contributed by atoms with van der Waals surface area (Å²) in [6.45, 7) is 13.6. The highest BCUT2D eigenvalue weighted by Gasteiger charge is 2.44. The fraction of sp³-hybridized carbons (Fsp3) is 0.151. The molecule has 58 heavy (non-hydrogen) atoms. The smallest absolute Gasteiger partial charge is 0.252 e. The molecule has 8 aromatic carbocycles. The van der Waals surface area contributed by atoms with Crippen LogP contribution in [0.25, 0.3) is 44.1 Å². The number of anilines is 6. The van der Waals surface area contributed by atoms with Crippen LogP contribution < -0.4 is 26.2 Å². The highest BCUT2D eigenvalue weighted by atomic mass is 16.3. The molecular weight excluding hydrogens is 705 g/mol. The number of para-hydroxylation sites is 2. The second-order valence-corrected chi connectivity index (χ2v) is 18.1. The molecule has 0 saturated heterocycles. The van der Waals surface area contributed by atoms with E-state index in [1.165, 1.54) is 60.4 Å². The molecule has 0 aliphatic carbocycles. The first-order valence-corrected chi connectivity index (χ1v) is 20.4. The molecule has 2 aliphatic heterocycles. The Morgan fingerprint density at radius 3 is 1.34 bits per heavy atom. The van der Waals surface area contributed by atoms with Crippen molar-refractivity contribution in [3.63, 3.8) is 0 Å². The molecule has 0 spiro atoms. The molecule has 1 aromatic heterocycles. The molecule has 280 valence electrons. The fourth-order valence-electron chi connectivity index (χ4n) is 9.26. The van der Waals surface area contributed by atoms with Gasteiger partial charge >= 0.3 is 0 Å². The number of oxazole rings is 1. The van der Waals surface area contributed by atoms with Gasteiger partial charge in [-0.15, -0.1) is 0 Å². The van der Waals surface area contributed by atoms with Crippen molar-refractivity contribution in [3.05, 3.63) is 169 Å². The van der Waals surface area contributed by atoms with E-state index >= 15 is 0 Å². The van der Waals surface area contributed by atoms with E-state index in [2.05, 4.69) is 185 Å². The minimum absolute atomic E-state index is 0.0290. The Bertz CT molecular complexity index is 2890. The van der Waals surface area contributed by atoms with Gasteiger partial charge in [-0.1, -0.05) is 139 Å². The molecule has 0 amide bonds. The minimum atomic E-state index is -0.0305. The first-order chi connectivity index (χ1) is 28.0. The van der Waals surface area contributed by atoms with E-state index in [4.69, 9.17) is 9.40 Å². The van der Waals surface area contributed by atoms with Crippen molar-refractivity contribution in [2.75, 3.05) is 9.80 Å². The van der Waals surface area contributed by atoms with Gasteiger partial charge < -0.3 is 14.2 Å². The average molecular weight is 750 g/mol. The molecule has 0 fully saturated rings. The monoisotopic (exact) mass is 749 g/mol. The Morgan fingerprint density at radius 1 is 0.466 bits per heavy atom. The summed E-state index contributed by atoms with van der Waals surface area (Å²) in [7, 11) is 0. The summed E-state index contributed by atoms with van der Waals surface area (Å²) in [5.41, 5.74) is 15.9. The first kappa shape index (κ1) is 34.6. The van der Waals surface area contributed by atoms with E-state index in [9.17, 15) is 0 Å². The molecule has 11 rings (SSSR count). The molecular formula is C53H44BN3O. The maximum atomic E-state index is 6.58. The topological polar surface area (TPSA) is 32.5 Å². The molecule has 4 nitrogen and oxygen atoms in total. The fourth-order valence-corrected chi connectivity index (χ4v) is 9.26. The van der Waals surface area contributed by atoms with Crippen molar-refractivity contribution >= 4 is 89.9 Å². The molecule has 0 N–H and O–H groups in total. The van der Waals surface area contributed by atoms with Gasteiger partial charge in [-0.3, -0.25) is 0 Å². The zero-order valence-corrected chi connectivity index (χ0v) is 33.8. The Morgan fingerprint density at radius 2 is 0.897 bits per heavy atom. The second-order valence-electron chi connectivity index (χ2n) is 18.1. The van der Waals surface area contributed by atoms with Gasteiger partial charge in [-0.2, -0.15) is 0 Å². The third-order valence-corrected chi connectivity index (χ3v) is 12.3. The normalized spacial score (nSPS) is 13.6. The predicted octanol–water partition coefficient (Wildman–Crippen LogP) is 12.5. The van der Waals surface area contributed by atoms with Crippen molar-refractivity contribution in [1.82, 2.24) is 4.98 Å². The summed E-state index contributed by atoms with van der Waals surface area (Å²) in [6.07, 6.45) is 0. The molecule has 5 heteroatoms. The van der Waals surface area contributed by atoms with Crippen molar-refractivity contribution < 1.29 is 4.42 Å². The van der Waals surface area contributed by atoms with E-state index < -0.39 is 0 Å². The van der Waals surface area contributed by atoms with Gasteiger partial charge in [0.2, 0.25) is 5.89 Å². The van der Waals surface area contributed by atoms with Gasteiger partial charge in [0.25, 0.3) is 6.71 Å². The van der Waals surface area contributed by atoms with E-state index in [1.807, 2.05) is 24.3 Å². The van der Waals surface area contributed by atoms with E-state index in [0.717, 1.165) is 39.4 Å². The van der Waals surface area contributed by atoms with Crippen LogP contribution in [0.15, 0.2) is 162 Å². The standard InChI is InChI=1S/C53H44BN3O/c1-52(2,3)38-19-23-40(24-20-38)56-45-29-35-15-9-7-13-33(35)27-42(45)54-43-28-34-14-8-10-16-36(34)30-46(43)57(41-25-21-39(22-26-41)53(4,5)6)48-32-37(31-47(56)50(48)54)51-55-44-17-11-12-18-49(44)58-51/h7-32H,1-6H3. The number of nitrogens with zero attached hydrogens (tertiary/aromatic N) is 3. The Labute approximate surface area is 340 Å². The lowest BCUT2D eigenvalue weighted by Gasteiger charge is -2.44. The largest absolute Gasteiger partial charge is 0.436 e. The maximum Gasteiger partial charge on any atom is 0.252 e. The van der Waals surface area contributed by atoms with Crippen LogP contribution in [-0.4, -0.2) is 11.7 Å². The van der Waals surface area contributed by atoms with Crippen LogP contribution in [-0.2, 0) is 10.8 Å². The quantitative estimate of drug-likeness (QED) is 0.168. The van der Waals surface area contributed by atoms with Gasteiger partial charge in [-0.05, 0) is 121 Å². The molecule has 3 heterocycles. The molecule has 0 bridgehead atoms. The van der Waals surface area contributed by atoms with Gasteiger partial charge in [0.05, 0.1) is 0 Å². The second kappa shape index (κ2) is 12.5. The molecule has 0 saturated carbocycles. The number of fused-ring (bicyclic) bond motifs is 7. The number of aromatic nitrogens is 1. The van der Waals surface area contributed by atoms with Crippen molar-refractivity contribution in [1.29, 1.82) is 0 Å². The predicted molar refractivity (Wildman–Crippen MR) is 246 cm³/mol. The highest BCUT2D eigenvalue weighted by molar-refractivity contribution is 7.00. The van der Waals surface area contributed by atoms with Crippen LogP contribution >= 0.6 is 0 Å². The Hall–Kier alpha value is -6.59. The number of hydrogen-bond donors (Lipinski definition) is 0. The molecule has 0 atom stereocenters. The summed E-state index contributed by atoms with van der Waals surface area (Å²) in [4.78, 5) is 10.1. The van der Waals surface area contributed by atoms with E-state index in [-0.39, 0.29) is 17.5 Å². The van der Waals surface area contributed by atoms with Crippen LogP contribution in [0.5, 0.6) is 0 Å². The Kier molecular flexibility index (Phi) is 7.44. The first-order valence-electron chi connectivity index (χ1n) is 20.4. The minimum Gasteiger partial charge on any atom is -0.436 e. The lowest BCUT2D eigenvalue weighted by Crippen LogP contribution is -2.61. The maximum absolute atomic E-state index is 6.58. The van der Waals surface area contributed by atoms with Crippen LogP contribution in [0.3, 0.4) is 0 Å². The molecule has 9 aromatic rings. The summed E-state index contributed by atoms with van der Waals surface area (Å²) >= 11 is 0. The van der Waals surface area contributed by atoms with Gasteiger partial charge in [0.1, 0.15) is 5.52 Å². The van der Waals surface area contributed by atoms with Crippen LogP contribution in [0, 0.1) is 0 Å². The lowest BCUT2D eigenvalue weighted by atomic mass is 9.33. The molecule has 0 unspecified atom stereocenters. The van der Waals surface area contributed by atoms with Crippen molar-refractivity contribution in [2.24, 2.45) is 0 Å². The third-order valence-electron chi connectivity index (χ3n) is 12.3. The van der Waals surface area contributed by atoms with Crippen LogP contribution in [0.1, 0.15) is 52.7 Å². The van der Waals surface area contributed by atoms with E-state index in [0.29, 0.717) is 5.89 Å². The Balaban J connectivity index is 1.27. The zero-order chi connectivity index (χ0) is 39.5. The third kappa shape index (κ3) is 5.40. The molecule has 0 radical (unpaired) electrons. The van der Waals surface area contributed by atoms with Gasteiger partial charge in [-0.25, -0.2) is 4.98 Å². The van der Waals surface area contributed by atoms with Gasteiger partial charge in [0.15, 0.2) is 5.58 Å². The highest BCUT2D eigenvalue weighted by Crippen LogP contribution is 2.47. The summed E-state index contributed by atoms with van der Waals surface area (Å²) in [6, 6.07) is 58.3. The van der Waals surface area contributed by atoms with E-state index in [1.54, 1.807) is 0 Å². The number of rotatable bonds is 3. The SMILES string of the molecule is CC(C)(C)c1ccc(N2c3cc4ccccc4cc3B3c4cc5ccccc5cc4N(c4ccc(C(C)(C)C)cc4)c4cc(-c5nc6ccccc6o5)cc2c43)cc1. The molecule has 2 aliphatic rings. The van der Waals surface area contributed by atoms with Crippen LogP contribution in [0.2, 0.25) is 0 Å². The zero-order valence-electron chi connectivity index (χ0n) is 33.8. The summed E-state index contributed by atoms with van der Waals surface area (Å²) < 4.78 is 6.58. The summed E-state index contributed by atoms with van der Waals surface area (Å²) in [5.74, 6) is 0.608. The average Bonchev–Trinajstić information content (AvgIpc) is 3.66. The summed E-state index contributed by atoms with van der Waals surface area (Å²) in [5, 5.41) is 4.90. The van der Waals surface area contributed by atoms with Gasteiger partial charge in [0, 0.05) is 39.7 Å². The number of hydrogen-bond acceptors (Lipinski definition) is 4. The number of benzene rings is 8.